The van der Waals surface area contributed by atoms with E-state index in [0.29, 0.717) is 22.8 Å². The van der Waals surface area contributed by atoms with Crippen LogP contribution < -0.4 is 5.32 Å². The van der Waals surface area contributed by atoms with E-state index in [1.807, 2.05) is 27.7 Å². The smallest absolute Gasteiger partial charge is 0.308 e. The lowest BCUT2D eigenvalue weighted by molar-refractivity contribution is -0.139. The van der Waals surface area contributed by atoms with Crippen LogP contribution in [-0.4, -0.2) is 11.3 Å². The summed E-state index contributed by atoms with van der Waals surface area (Å²) in [6.45, 7) is 8.36. The van der Waals surface area contributed by atoms with Gasteiger partial charge in [0.1, 0.15) is 0 Å². The fourth-order valence-electron chi connectivity index (χ4n) is 1.61. The molecule has 0 heterocycles. The molecule has 0 aliphatic heterocycles. The molecule has 0 fully saturated rings. The predicted molar refractivity (Wildman–Crippen MR) is 79.1 cm³/mol. The summed E-state index contributed by atoms with van der Waals surface area (Å²) in [6.07, 6.45) is -3.44. The van der Waals surface area contributed by atoms with E-state index < -0.39 is 11.7 Å². The zero-order valence-electron chi connectivity index (χ0n) is 12.4. The van der Waals surface area contributed by atoms with Crippen LogP contribution in [0, 0.1) is 0 Å². The molecule has 0 bridgehead atoms. The molecule has 0 aromatic heterocycles. The first-order valence-corrected chi connectivity index (χ1v) is 7.70. The molecule has 0 amide bonds. The SMILES string of the molecule is CCCSc1ccc(CNC(C)(C)C)cc1C(F)(F)F. The van der Waals surface area contributed by atoms with Gasteiger partial charge in [-0.15, -0.1) is 11.8 Å². The zero-order chi connectivity index (χ0) is 15.4. The van der Waals surface area contributed by atoms with Gasteiger partial charge in [-0.05, 0) is 50.6 Å². The topological polar surface area (TPSA) is 12.0 Å². The number of alkyl halides is 3. The van der Waals surface area contributed by atoms with Crippen molar-refractivity contribution in [2.24, 2.45) is 0 Å². The largest absolute Gasteiger partial charge is 0.417 e. The number of halogens is 3. The van der Waals surface area contributed by atoms with E-state index in [4.69, 9.17) is 0 Å². The molecule has 114 valence electrons. The maximum atomic E-state index is 13.1. The first kappa shape index (κ1) is 17.4. The van der Waals surface area contributed by atoms with Crippen LogP contribution in [0.4, 0.5) is 13.2 Å². The highest BCUT2D eigenvalue weighted by Gasteiger charge is 2.33. The number of thioether (sulfide) groups is 1. The molecule has 0 saturated carbocycles. The Kier molecular flexibility index (Phi) is 5.95. The van der Waals surface area contributed by atoms with Crippen LogP contribution in [0.15, 0.2) is 23.1 Å². The van der Waals surface area contributed by atoms with Crippen LogP contribution in [0.1, 0.15) is 45.2 Å². The average Bonchev–Trinajstić information content (AvgIpc) is 2.32. The minimum absolute atomic E-state index is 0.117. The normalized spacial score (nSPS) is 12.8. The number of rotatable bonds is 5. The molecule has 1 N–H and O–H groups in total. The summed E-state index contributed by atoms with van der Waals surface area (Å²) in [5.74, 6) is 0.697. The van der Waals surface area contributed by atoms with Gasteiger partial charge in [0, 0.05) is 17.0 Å². The van der Waals surface area contributed by atoms with Gasteiger partial charge < -0.3 is 5.32 Å². The molecule has 1 aromatic rings. The first-order valence-electron chi connectivity index (χ1n) is 6.71. The summed E-state index contributed by atoms with van der Waals surface area (Å²) < 4.78 is 39.3. The monoisotopic (exact) mass is 305 g/mol. The quantitative estimate of drug-likeness (QED) is 0.760. The van der Waals surface area contributed by atoms with Gasteiger partial charge in [0.05, 0.1) is 5.56 Å². The van der Waals surface area contributed by atoms with Crippen molar-refractivity contribution in [3.05, 3.63) is 29.3 Å². The fourth-order valence-corrected chi connectivity index (χ4v) is 2.53. The van der Waals surface area contributed by atoms with Crippen molar-refractivity contribution in [3.63, 3.8) is 0 Å². The summed E-state index contributed by atoms with van der Waals surface area (Å²) in [5, 5.41) is 3.21. The van der Waals surface area contributed by atoms with Crippen LogP contribution in [-0.2, 0) is 12.7 Å². The van der Waals surface area contributed by atoms with Gasteiger partial charge in [-0.1, -0.05) is 13.0 Å². The van der Waals surface area contributed by atoms with Gasteiger partial charge in [0.25, 0.3) is 0 Å². The van der Waals surface area contributed by atoms with E-state index in [2.05, 4.69) is 5.32 Å². The van der Waals surface area contributed by atoms with Gasteiger partial charge in [-0.25, -0.2) is 0 Å². The third kappa shape index (κ3) is 5.75. The minimum atomic E-state index is -4.30. The third-order valence-corrected chi connectivity index (χ3v) is 3.91. The van der Waals surface area contributed by atoms with E-state index in [-0.39, 0.29) is 5.54 Å². The van der Waals surface area contributed by atoms with Crippen molar-refractivity contribution in [2.45, 2.75) is 57.3 Å². The lowest BCUT2D eigenvalue weighted by Crippen LogP contribution is -2.35. The van der Waals surface area contributed by atoms with E-state index >= 15 is 0 Å². The van der Waals surface area contributed by atoms with Crippen LogP contribution in [0.5, 0.6) is 0 Å². The van der Waals surface area contributed by atoms with Crippen LogP contribution >= 0.6 is 11.8 Å². The minimum Gasteiger partial charge on any atom is -0.308 e. The maximum absolute atomic E-state index is 13.1. The predicted octanol–water partition coefficient (Wildman–Crippen LogP) is 5.10. The average molecular weight is 305 g/mol. The Labute approximate surface area is 123 Å². The van der Waals surface area contributed by atoms with Gasteiger partial charge in [0.15, 0.2) is 0 Å². The Morgan fingerprint density at radius 3 is 2.30 bits per heavy atom. The second-order valence-corrected chi connectivity index (χ2v) is 6.92. The number of benzene rings is 1. The van der Waals surface area contributed by atoms with Crippen LogP contribution in [0.2, 0.25) is 0 Å². The molecular weight excluding hydrogens is 283 g/mol. The Bertz CT molecular complexity index is 436. The van der Waals surface area contributed by atoms with Crippen LogP contribution in [0.25, 0.3) is 0 Å². The Morgan fingerprint density at radius 1 is 1.15 bits per heavy atom. The molecular formula is C15H22F3NS. The van der Waals surface area contributed by atoms with E-state index in [0.717, 1.165) is 6.42 Å². The number of hydrogen-bond donors (Lipinski definition) is 1. The van der Waals surface area contributed by atoms with Gasteiger partial charge in [-0.2, -0.15) is 13.2 Å². The second kappa shape index (κ2) is 6.85. The van der Waals surface area contributed by atoms with Crippen molar-refractivity contribution < 1.29 is 13.2 Å². The Hall–Kier alpha value is -0.680. The van der Waals surface area contributed by atoms with Crippen molar-refractivity contribution in [1.82, 2.24) is 5.32 Å². The van der Waals surface area contributed by atoms with Gasteiger partial charge in [-0.3, -0.25) is 0 Å². The van der Waals surface area contributed by atoms with Crippen LogP contribution in [0.3, 0.4) is 0 Å². The summed E-state index contributed by atoms with van der Waals surface area (Å²) >= 11 is 1.27. The summed E-state index contributed by atoms with van der Waals surface area (Å²) in [7, 11) is 0. The summed E-state index contributed by atoms with van der Waals surface area (Å²) in [5.41, 5.74) is 0.0193. The van der Waals surface area contributed by atoms with Gasteiger partial charge in [0.2, 0.25) is 0 Å². The first-order chi connectivity index (χ1) is 9.13. The Balaban J connectivity index is 2.96. The fraction of sp³-hybridized carbons (Fsp3) is 0.600. The molecule has 1 rings (SSSR count). The van der Waals surface area contributed by atoms with E-state index in [9.17, 15) is 13.2 Å². The lowest BCUT2D eigenvalue weighted by atomic mass is 10.1. The van der Waals surface area contributed by atoms with Crippen molar-refractivity contribution >= 4 is 11.8 Å². The molecule has 0 aliphatic carbocycles. The Morgan fingerprint density at radius 2 is 1.80 bits per heavy atom. The molecule has 0 radical (unpaired) electrons. The maximum Gasteiger partial charge on any atom is 0.417 e. The molecule has 20 heavy (non-hydrogen) atoms. The highest BCUT2D eigenvalue weighted by atomic mass is 32.2. The van der Waals surface area contributed by atoms with Crippen molar-refractivity contribution in [2.75, 3.05) is 5.75 Å². The molecule has 0 spiro atoms. The molecule has 1 nitrogen and oxygen atoms in total. The zero-order valence-corrected chi connectivity index (χ0v) is 13.2. The number of nitrogens with one attached hydrogen (secondary N) is 1. The van der Waals surface area contributed by atoms with Gasteiger partial charge >= 0.3 is 6.18 Å². The molecule has 5 heteroatoms. The standard InChI is InChI=1S/C15H22F3NS/c1-5-8-20-13-7-6-11(10-19-14(2,3)4)9-12(13)15(16,17)18/h6-7,9,19H,5,8,10H2,1-4H3. The highest BCUT2D eigenvalue weighted by Crippen LogP contribution is 2.37. The summed E-state index contributed by atoms with van der Waals surface area (Å²) in [4.78, 5) is 0.318. The molecule has 1 aromatic carbocycles. The van der Waals surface area contributed by atoms with E-state index in [1.165, 1.54) is 17.8 Å². The summed E-state index contributed by atoms with van der Waals surface area (Å²) in [6, 6.07) is 4.62. The third-order valence-electron chi connectivity index (χ3n) is 2.63. The lowest BCUT2D eigenvalue weighted by Gasteiger charge is -2.21. The highest BCUT2D eigenvalue weighted by molar-refractivity contribution is 7.99. The molecule has 0 unspecified atom stereocenters. The van der Waals surface area contributed by atoms with Crippen molar-refractivity contribution in [1.29, 1.82) is 0 Å². The molecule has 0 aliphatic rings. The molecule has 0 saturated heterocycles. The molecule has 0 atom stereocenters. The van der Waals surface area contributed by atoms with E-state index in [1.54, 1.807) is 12.1 Å². The van der Waals surface area contributed by atoms with Crippen molar-refractivity contribution in [3.8, 4) is 0 Å². The second-order valence-electron chi connectivity index (χ2n) is 5.78. The number of hydrogen-bond acceptors (Lipinski definition) is 2.